The third-order valence-electron chi connectivity index (χ3n) is 2.88. The summed E-state index contributed by atoms with van der Waals surface area (Å²) in [6.45, 7) is 0.201. The first kappa shape index (κ1) is 13.2. The number of benzene rings is 2. The summed E-state index contributed by atoms with van der Waals surface area (Å²) in [7, 11) is 0. The highest BCUT2D eigenvalue weighted by Gasteiger charge is 2.16. The fourth-order valence-electron chi connectivity index (χ4n) is 1.83. The van der Waals surface area contributed by atoms with Crippen molar-refractivity contribution in [3.63, 3.8) is 0 Å². The second-order valence-corrected chi connectivity index (χ2v) is 5.48. The van der Waals surface area contributed by atoms with E-state index in [4.69, 9.17) is 14.2 Å². The summed E-state index contributed by atoms with van der Waals surface area (Å²) in [5, 5.41) is 0. The van der Waals surface area contributed by atoms with E-state index >= 15 is 0 Å². The van der Waals surface area contributed by atoms with Crippen molar-refractivity contribution in [1.29, 1.82) is 0 Å². The summed E-state index contributed by atoms with van der Waals surface area (Å²) in [6, 6.07) is 12.7. The molecule has 1 aliphatic heterocycles. The maximum atomic E-state index is 12.1. The van der Waals surface area contributed by atoms with Gasteiger partial charge in [0.2, 0.25) is 6.79 Å². The molecule has 0 N–H and O–H groups in total. The Morgan fingerprint density at radius 3 is 2.65 bits per heavy atom. The molecule has 0 bridgehead atoms. The first-order valence-corrected chi connectivity index (χ1v) is 7.11. The quantitative estimate of drug-likeness (QED) is 0.602. The third-order valence-corrected chi connectivity index (χ3v) is 3.60. The molecule has 0 fully saturated rings. The minimum Gasteiger partial charge on any atom is -0.485 e. The lowest BCUT2D eigenvalue weighted by Crippen LogP contribution is -2.11. The molecule has 2 aromatic carbocycles. The Hall–Kier alpha value is -1.76. The average molecular weight is 382 g/mol. The Bertz CT molecular complexity index is 637. The molecule has 0 spiro atoms. The Balaban J connectivity index is 1.66. The molecule has 3 rings (SSSR count). The standard InChI is InChI=1S/C15H11IO4/c16-11-2-4-12(5-3-11)18-8-13(17)10-1-6-14-15(7-10)20-9-19-14/h1-7H,8-9H2. The van der Waals surface area contributed by atoms with Crippen LogP contribution in [0.15, 0.2) is 42.5 Å². The van der Waals surface area contributed by atoms with Gasteiger partial charge in [0.05, 0.1) is 0 Å². The number of hydrogen-bond donors (Lipinski definition) is 0. The van der Waals surface area contributed by atoms with Crippen LogP contribution in [0.3, 0.4) is 0 Å². The van der Waals surface area contributed by atoms with Gasteiger partial charge < -0.3 is 14.2 Å². The van der Waals surface area contributed by atoms with E-state index < -0.39 is 0 Å². The summed E-state index contributed by atoms with van der Waals surface area (Å²) in [5.74, 6) is 1.85. The number of carbonyl (C=O) groups is 1. The zero-order valence-corrected chi connectivity index (χ0v) is 12.6. The van der Waals surface area contributed by atoms with Crippen molar-refractivity contribution in [2.45, 2.75) is 0 Å². The van der Waals surface area contributed by atoms with E-state index in [-0.39, 0.29) is 19.2 Å². The molecule has 1 aliphatic rings. The summed E-state index contributed by atoms with van der Waals surface area (Å²) in [4.78, 5) is 12.1. The van der Waals surface area contributed by atoms with Gasteiger partial charge in [0.1, 0.15) is 5.75 Å². The van der Waals surface area contributed by atoms with E-state index in [1.165, 1.54) is 0 Å². The molecule has 20 heavy (non-hydrogen) atoms. The second-order valence-electron chi connectivity index (χ2n) is 4.23. The van der Waals surface area contributed by atoms with Crippen molar-refractivity contribution >= 4 is 28.4 Å². The fourth-order valence-corrected chi connectivity index (χ4v) is 2.19. The Morgan fingerprint density at radius 1 is 1.10 bits per heavy atom. The summed E-state index contributed by atoms with van der Waals surface area (Å²) >= 11 is 2.22. The minimum absolute atomic E-state index is 0.000234. The first-order valence-electron chi connectivity index (χ1n) is 6.03. The molecule has 2 aromatic rings. The molecule has 5 heteroatoms. The van der Waals surface area contributed by atoms with Gasteiger partial charge in [-0.2, -0.15) is 0 Å². The van der Waals surface area contributed by atoms with Gasteiger partial charge in [-0.05, 0) is 65.1 Å². The SMILES string of the molecule is O=C(COc1ccc(I)cc1)c1ccc2c(c1)OCO2. The van der Waals surface area contributed by atoms with Crippen molar-refractivity contribution in [1.82, 2.24) is 0 Å². The van der Waals surface area contributed by atoms with Gasteiger partial charge in [0, 0.05) is 9.13 Å². The molecule has 0 saturated carbocycles. The smallest absolute Gasteiger partial charge is 0.231 e. The Kier molecular flexibility index (Phi) is 3.77. The van der Waals surface area contributed by atoms with Crippen LogP contribution < -0.4 is 14.2 Å². The van der Waals surface area contributed by atoms with Crippen LogP contribution in [0.1, 0.15) is 10.4 Å². The van der Waals surface area contributed by atoms with Crippen molar-refractivity contribution in [3.8, 4) is 17.2 Å². The predicted molar refractivity (Wildman–Crippen MR) is 81.5 cm³/mol. The number of hydrogen-bond acceptors (Lipinski definition) is 4. The number of halogens is 1. The van der Waals surface area contributed by atoms with Gasteiger partial charge in [0.15, 0.2) is 23.9 Å². The minimum atomic E-state index is -0.0955. The molecule has 0 unspecified atom stereocenters. The highest BCUT2D eigenvalue weighted by Crippen LogP contribution is 2.32. The molecule has 0 aliphatic carbocycles. The van der Waals surface area contributed by atoms with E-state index in [2.05, 4.69) is 22.6 Å². The zero-order valence-electron chi connectivity index (χ0n) is 10.5. The monoisotopic (exact) mass is 382 g/mol. The van der Waals surface area contributed by atoms with Crippen LogP contribution >= 0.6 is 22.6 Å². The Labute approximate surface area is 129 Å². The normalized spacial score (nSPS) is 12.2. The van der Waals surface area contributed by atoms with Crippen LogP contribution in [0.5, 0.6) is 17.2 Å². The molecule has 1 heterocycles. The lowest BCUT2D eigenvalue weighted by molar-refractivity contribution is 0.0921. The van der Waals surface area contributed by atoms with Gasteiger partial charge in [-0.1, -0.05) is 0 Å². The third kappa shape index (κ3) is 2.87. The van der Waals surface area contributed by atoms with E-state index in [1.54, 1.807) is 18.2 Å². The molecule has 0 atom stereocenters. The lowest BCUT2D eigenvalue weighted by Gasteiger charge is -2.06. The van der Waals surface area contributed by atoms with Crippen molar-refractivity contribution < 1.29 is 19.0 Å². The van der Waals surface area contributed by atoms with Gasteiger partial charge in [-0.3, -0.25) is 4.79 Å². The first-order chi connectivity index (χ1) is 9.72. The van der Waals surface area contributed by atoms with Crippen molar-refractivity contribution in [2.24, 2.45) is 0 Å². The van der Waals surface area contributed by atoms with Crippen LogP contribution in [0.2, 0.25) is 0 Å². The van der Waals surface area contributed by atoms with Crippen molar-refractivity contribution in [2.75, 3.05) is 13.4 Å². The maximum Gasteiger partial charge on any atom is 0.231 e. The molecule has 102 valence electrons. The van der Waals surface area contributed by atoms with Crippen LogP contribution in [0.25, 0.3) is 0 Å². The highest BCUT2D eigenvalue weighted by atomic mass is 127. The number of Topliss-reactive ketones (excluding diaryl/α,β-unsaturated/α-hetero) is 1. The molecule has 0 amide bonds. The van der Waals surface area contributed by atoms with Crippen molar-refractivity contribution in [3.05, 3.63) is 51.6 Å². The number of carbonyl (C=O) groups excluding carboxylic acids is 1. The predicted octanol–water partition coefficient (Wildman–Crippen LogP) is 3.28. The summed E-state index contributed by atoms with van der Waals surface area (Å²) in [5.41, 5.74) is 0.555. The molecule has 4 nitrogen and oxygen atoms in total. The second kappa shape index (κ2) is 5.70. The van der Waals surface area contributed by atoms with Gasteiger partial charge in [-0.25, -0.2) is 0 Å². The number of ether oxygens (including phenoxy) is 3. The van der Waals surface area contributed by atoms with Crippen LogP contribution in [0.4, 0.5) is 0 Å². The van der Waals surface area contributed by atoms with E-state index in [0.717, 1.165) is 3.57 Å². The van der Waals surface area contributed by atoms with E-state index in [0.29, 0.717) is 22.8 Å². The molecule has 0 saturated heterocycles. The molecule has 0 radical (unpaired) electrons. The number of rotatable bonds is 4. The number of fused-ring (bicyclic) bond motifs is 1. The topological polar surface area (TPSA) is 44.8 Å². The lowest BCUT2D eigenvalue weighted by atomic mass is 10.1. The maximum absolute atomic E-state index is 12.1. The summed E-state index contributed by atoms with van der Waals surface area (Å²) in [6.07, 6.45) is 0. The molecule has 0 aromatic heterocycles. The van der Waals surface area contributed by atoms with Gasteiger partial charge >= 0.3 is 0 Å². The molecular weight excluding hydrogens is 371 g/mol. The zero-order chi connectivity index (χ0) is 13.9. The fraction of sp³-hybridized carbons (Fsp3) is 0.133. The molecular formula is C15H11IO4. The van der Waals surface area contributed by atoms with Gasteiger partial charge in [-0.15, -0.1) is 0 Å². The Morgan fingerprint density at radius 2 is 1.85 bits per heavy atom. The van der Waals surface area contributed by atoms with Crippen LogP contribution in [-0.4, -0.2) is 19.2 Å². The van der Waals surface area contributed by atoms with E-state index in [1.807, 2.05) is 24.3 Å². The van der Waals surface area contributed by atoms with Crippen LogP contribution in [-0.2, 0) is 0 Å². The average Bonchev–Trinajstić information content (AvgIpc) is 2.93. The number of ketones is 1. The summed E-state index contributed by atoms with van der Waals surface area (Å²) < 4.78 is 17.1. The van der Waals surface area contributed by atoms with Gasteiger partial charge in [0.25, 0.3) is 0 Å². The highest BCUT2D eigenvalue weighted by molar-refractivity contribution is 14.1. The van der Waals surface area contributed by atoms with Crippen LogP contribution in [0, 0.1) is 3.57 Å². The largest absolute Gasteiger partial charge is 0.485 e. The van der Waals surface area contributed by atoms with E-state index in [9.17, 15) is 4.79 Å².